The standard InChI is InChI=1S/C17H29NO3/c1-2-10-18(12-13-6-4-3-5-7-13)16(19)14-8-9-15(11-14)17(20)21/h13-15H,2-12H2,1H3,(H,20,21)/t14-,15+/m1/s1. The largest absolute Gasteiger partial charge is 0.481 e. The summed E-state index contributed by atoms with van der Waals surface area (Å²) < 4.78 is 0. The quantitative estimate of drug-likeness (QED) is 0.818. The molecule has 0 aromatic rings. The minimum atomic E-state index is -0.736. The normalized spacial score (nSPS) is 26.7. The molecule has 2 saturated carbocycles. The van der Waals surface area contributed by atoms with Gasteiger partial charge in [-0.05, 0) is 44.4 Å². The number of carbonyl (C=O) groups is 2. The van der Waals surface area contributed by atoms with E-state index in [-0.39, 0.29) is 17.7 Å². The summed E-state index contributed by atoms with van der Waals surface area (Å²) in [5, 5.41) is 9.09. The summed E-state index contributed by atoms with van der Waals surface area (Å²) in [4.78, 5) is 25.8. The molecule has 0 aliphatic heterocycles. The second-order valence-electron chi connectivity index (χ2n) is 6.83. The lowest BCUT2D eigenvalue weighted by molar-refractivity contribution is -0.141. The average Bonchev–Trinajstić information content (AvgIpc) is 2.97. The first-order valence-electron chi connectivity index (χ1n) is 8.63. The van der Waals surface area contributed by atoms with Gasteiger partial charge >= 0.3 is 5.97 Å². The Bertz CT molecular complexity index is 363. The molecule has 0 heterocycles. The number of carbonyl (C=O) groups excluding carboxylic acids is 1. The van der Waals surface area contributed by atoms with Gasteiger partial charge in [0.25, 0.3) is 0 Å². The van der Waals surface area contributed by atoms with Crippen LogP contribution in [0.3, 0.4) is 0 Å². The summed E-state index contributed by atoms with van der Waals surface area (Å²) >= 11 is 0. The van der Waals surface area contributed by atoms with E-state index in [0.717, 1.165) is 25.9 Å². The molecule has 2 aliphatic rings. The maximum atomic E-state index is 12.7. The molecule has 0 saturated heterocycles. The lowest BCUT2D eigenvalue weighted by atomic mass is 9.88. The molecule has 1 amide bonds. The van der Waals surface area contributed by atoms with E-state index in [1.165, 1.54) is 32.1 Å². The number of carboxylic acid groups (broad SMARTS) is 1. The highest BCUT2D eigenvalue weighted by atomic mass is 16.4. The van der Waals surface area contributed by atoms with E-state index in [2.05, 4.69) is 6.92 Å². The molecule has 0 bridgehead atoms. The van der Waals surface area contributed by atoms with Gasteiger partial charge in [0, 0.05) is 19.0 Å². The third kappa shape index (κ3) is 4.45. The fourth-order valence-corrected chi connectivity index (χ4v) is 3.93. The Kier molecular flexibility index (Phi) is 6.07. The zero-order valence-corrected chi connectivity index (χ0v) is 13.2. The molecule has 0 spiro atoms. The van der Waals surface area contributed by atoms with Crippen LogP contribution in [-0.4, -0.2) is 35.0 Å². The third-order valence-corrected chi connectivity index (χ3v) is 5.14. The average molecular weight is 295 g/mol. The van der Waals surface area contributed by atoms with Gasteiger partial charge in [-0.15, -0.1) is 0 Å². The van der Waals surface area contributed by atoms with E-state index in [1.54, 1.807) is 0 Å². The predicted molar refractivity (Wildman–Crippen MR) is 81.9 cm³/mol. The number of carboxylic acids is 1. The summed E-state index contributed by atoms with van der Waals surface area (Å²) in [6.07, 6.45) is 9.35. The van der Waals surface area contributed by atoms with E-state index >= 15 is 0 Å². The Hall–Kier alpha value is -1.06. The number of amides is 1. The summed E-state index contributed by atoms with van der Waals surface area (Å²) in [7, 11) is 0. The first kappa shape index (κ1) is 16.3. The molecule has 1 N–H and O–H groups in total. The molecular weight excluding hydrogens is 266 g/mol. The Morgan fingerprint density at radius 2 is 1.71 bits per heavy atom. The van der Waals surface area contributed by atoms with E-state index in [0.29, 0.717) is 18.8 Å². The lowest BCUT2D eigenvalue weighted by Crippen LogP contribution is -2.40. The molecule has 2 fully saturated rings. The van der Waals surface area contributed by atoms with Crippen LogP contribution in [0.2, 0.25) is 0 Å². The zero-order valence-electron chi connectivity index (χ0n) is 13.2. The van der Waals surface area contributed by atoms with Crippen molar-refractivity contribution < 1.29 is 14.7 Å². The van der Waals surface area contributed by atoms with Crippen LogP contribution in [0.4, 0.5) is 0 Å². The maximum absolute atomic E-state index is 12.7. The highest BCUT2D eigenvalue weighted by molar-refractivity contribution is 5.81. The molecule has 0 unspecified atom stereocenters. The minimum absolute atomic E-state index is 0.0544. The van der Waals surface area contributed by atoms with Crippen molar-refractivity contribution in [2.24, 2.45) is 17.8 Å². The van der Waals surface area contributed by atoms with E-state index in [1.807, 2.05) is 4.90 Å². The molecule has 120 valence electrons. The van der Waals surface area contributed by atoms with Crippen LogP contribution in [-0.2, 0) is 9.59 Å². The molecule has 0 aromatic heterocycles. The third-order valence-electron chi connectivity index (χ3n) is 5.14. The monoisotopic (exact) mass is 295 g/mol. The summed E-state index contributed by atoms with van der Waals surface area (Å²) in [5.41, 5.74) is 0. The van der Waals surface area contributed by atoms with E-state index in [9.17, 15) is 9.59 Å². The molecule has 21 heavy (non-hydrogen) atoms. The fraction of sp³-hybridized carbons (Fsp3) is 0.882. The van der Waals surface area contributed by atoms with Crippen molar-refractivity contribution in [2.45, 2.75) is 64.7 Å². The first-order chi connectivity index (χ1) is 10.1. The van der Waals surface area contributed by atoms with Crippen molar-refractivity contribution in [3.8, 4) is 0 Å². The Morgan fingerprint density at radius 3 is 2.29 bits per heavy atom. The molecule has 0 radical (unpaired) electrons. The van der Waals surface area contributed by atoms with Gasteiger partial charge in [0.1, 0.15) is 0 Å². The molecule has 2 rings (SSSR count). The van der Waals surface area contributed by atoms with Gasteiger partial charge in [0.2, 0.25) is 5.91 Å². The van der Waals surface area contributed by atoms with Crippen LogP contribution in [0.25, 0.3) is 0 Å². The molecule has 2 aliphatic carbocycles. The van der Waals surface area contributed by atoms with Gasteiger partial charge in [0.15, 0.2) is 0 Å². The Labute approximate surface area is 127 Å². The topological polar surface area (TPSA) is 57.6 Å². The predicted octanol–water partition coefficient (Wildman–Crippen LogP) is 3.31. The minimum Gasteiger partial charge on any atom is -0.481 e. The fourth-order valence-electron chi connectivity index (χ4n) is 3.93. The highest BCUT2D eigenvalue weighted by Crippen LogP contribution is 2.33. The lowest BCUT2D eigenvalue weighted by Gasteiger charge is -2.31. The smallest absolute Gasteiger partial charge is 0.306 e. The summed E-state index contributed by atoms with van der Waals surface area (Å²) in [6, 6.07) is 0. The maximum Gasteiger partial charge on any atom is 0.306 e. The molecule has 0 aromatic carbocycles. The highest BCUT2D eigenvalue weighted by Gasteiger charge is 2.36. The second-order valence-corrected chi connectivity index (χ2v) is 6.83. The van der Waals surface area contributed by atoms with E-state index < -0.39 is 5.97 Å². The van der Waals surface area contributed by atoms with Crippen molar-refractivity contribution in [3.05, 3.63) is 0 Å². The van der Waals surface area contributed by atoms with Crippen molar-refractivity contribution >= 4 is 11.9 Å². The Morgan fingerprint density at radius 1 is 1.05 bits per heavy atom. The molecule has 4 heteroatoms. The zero-order chi connectivity index (χ0) is 15.2. The summed E-state index contributed by atoms with van der Waals surface area (Å²) in [6.45, 7) is 3.82. The van der Waals surface area contributed by atoms with Gasteiger partial charge in [-0.2, -0.15) is 0 Å². The number of nitrogens with zero attached hydrogens (tertiary/aromatic N) is 1. The summed E-state index contributed by atoms with van der Waals surface area (Å²) in [5.74, 6) is -0.227. The first-order valence-corrected chi connectivity index (χ1v) is 8.63. The van der Waals surface area contributed by atoms with Crippen LogP contribution in [0.15, 0.2) is 0 Å². The van der Waals surface area contributed by atoms with Crippen LogP contribution in [0, 0.1) is 17.8 Å². The number of rotatable bonds is 6. The van der Waals surface area contributed by atoms with Gasteiger partial charge in [-0.3, -0.25) is 9.59 Å². The van der Waals surface area contributed by atoms with E-state index in [4.69, 9.17) is 5.11 Å². The van der Waals surface area contributed by atoms with Gasteiger partial charge in [-0.25, -0.2) is 0 Å². The van der Waals surface area contributed by atoms with Gasteiger partial charge in [-0.1, -0.05) is 26.2 Å². The van der Waals surface area contributed by atoms with Gasteiger partial charge < -0.3 is 10.0 Å². The van der Waals surface area contributed by atoms with Crippen LogP contribution >= 0.6 is 0 Å². The SMILES string of the molecule is CCCN(CC1CCCCC1)C(=O)[C@@H]1CC[C@H](C(=O)O)C1. The van der Waals surface area contributed by atoms with Crippen LogP contribution in [0.5, 0.6) is 0 Å². The Balaban J connectivity index is 1.90. The van der Waals surface area contributed by atoms with Gasteiger partial charge in [0.05, 0.1) is 5.92 Å². The van der Waals surface area contributed by atoms with Crippen molar-refractivity contribution in [1.82, 2.24) is 4.90 Å². The van der Waals surface area contributed by atoms with Crippen molar-refractivity contribution in [2.75, 3.05) is 13.1 Å². The number of hydrogen-bond donors (Lipinski definition) is 1. The van der Waals surface area contributed by atoms with Crippen LogP contribution < -0.4 is 0 Å². The molecule has 2 atom stereocenters. The molecular formula is C17H29NO3. The second kappa shape index (κ2) is 7.81. The van der Waals surface area contributed by atoms with Crippen molar-refractivity contribution in [1.29, 1.82) is 0 Å². The number of hydrogen-bond acceptors (Lipinski definition) is 2. The molecule has 4 nitrogen and oxygen atoms in total. The van der Waals surface area contributed by atoms with Crippen LogP contribution in [0.1, 0.15) is 64.7 Å². The number of aliphatic carboxylic acids is 1. The van der Waals surface area contributed by atoms with Crippen molar-refractivity contribution in [3.63, 3.8) is 0 Å².